The van der Waals surface area contributed by atoms with Crippen molar-refractivity contribution in [2.75, 3.05) is 11.4 Å². The van der Waals surface area contributed by atoms with Crippen LogP contribution in [0, 0.1) is 11.3 Å². The summed E-state index contributed by atoms with van der Waals surface area (Å²) in [6, 6.07) is 7.71. The number of anilines is 1. The molecule has 1 amide bonds. The number of hydrogen-bond acceptors (Lipinski definition) is 7. The van der Waals surface area contributed by atoms with Gasteiger partial charge in [-0.3, -0.25) is 4.79 Å². The van der Waals surface area contributed by atoms with Crippen LogP contribution in [0.5, 0.6) is 0 Å². The molecule has 5 fully saturated rings. The molecule has 3 aromatic rings. The van der Waals surface area contributed by atoms with Crippen LogP contribution in [0.15, 0.2) is 33.3 Å². The maximum Gasteiger partial charge on any atom is 0.258 e. The monoisotopic (exact) mass is 593 g/mol. The van der Waals surface area contributed by atoms with E-state index >= 15 is 0 Å². The topological polar surface area (TPSA) is 98.2 Å². The van der Waals surface area contributed by atoms with Crippen molar-refractivity contribution in [1.82, 2.24) is 20.3 Å². The van der Waals surface area contributed by atoms with Gasteiger partial charge in [-0.25, -0.2) is 8.78 Å². The zero-order valence-corrected chi connectivity index (χ0v) is 25.4. The minimum atomic E-state index is -2.69. The third-order valence-electron chi connectivity index (χ3n) is 10.6. The molecule has 0 unspecified atom stereocenters. The Morgan fingerprint density at radius 2 is 1.63 bits per heavy atom. The number of amides is 1. The first kappa shape index (κ1) is 28.6. The van der Waals surface area contributed by atoms with Gasteiger partial charge in [-0.15, -0.1) is 0 Å². The fourth-order valence-electron chi connectivity index (χ4n) is 7.37. The van der Waals surface area contributed by atoms with E-state index in [1.54, 1.807) is 0 Å². The minimum Gasteiger partial charge on any atom is -0.339 e. The van der Waals surface area contributed by atoms with Gasteiger partial charge in [0.25, 0.3) is 5.89 Å². The number of carbonyl (C=O) groups is 1. The van der Waals surface area contributed by atoms with Crippen LogP contribution in [0.3, 0.4) is 0 Å². The van der Waals surface area contributed by atoms with Gasteiger partial charge in [-0.1, -0.05) is 37.2 Å². The lowest BCUT2D eigenvalue weighted by molar-refractivity contribution is -0.127. The lowest BCUT2D eigenvalue weighted by Crippen LogP contribution is -2.52. The molecular weight excluding hydrogens is 552 g/mol. The molecule has 2 bridgehead atoms. The van der Waals surface area contributed by atoms with Crippen LogP contribution in [0.4, 0.5) is 14.5 Å². The molecule has 43 heavy (non-hydrogen) atoms. The Morgan fingerprint density at radius 1 is 0.930 bits per heavy atom. The molecule has 5 aliphatic rings. The van der Waals surface area contributed by atoms with Crippen LogP contribution in [0.1, 0.15) is 121 Å². The molecule has 2 heterocycles. The van der Waals surface area contributed by atoms with Gasteiger partial charge in [0.05, 0.1) is 0 Å². The maximum absolute atomic E-state index is 14.2. The van der Waals surface area contributed by atoms with Crippen LogP contribution in [-0.2, 0) is 15.6 Å². The molecule has 8 rings (SSSR count). The van der Waals surface area contributed by atoms with E-state index in [1.165, 1.54) is 0 Å². The van der Waals surface area contributed by atoms with E-state index < -0.39 is 11.8 Å². The highest BCUT2D eigenvalue weighted by Gasteiger charge is 2.53. The Bertz CT molecular complexity index is 1470. The number of rotatable bonds is 7. The summed E-state index contributed by atoms with van der Waals surface area (Å²) >= 11 is 0. The molecule has 10 heteroatoms. The first-order valence-electron chi connectivity index (χ1n) is 15.9. The lowest BCUT2D eigenvalue weighted by atomic mass is 9.53. The Hall–Kier alpha value is -3.17. The van der Waals surface area contributed by atoms with Crippen LogP contribution >= 0.6 is 0 Å². The zero-order chi connectivity index (χ0) is 30.0. The number of benzene rings is 1. The molecule has 0 N–H and O–H groups in total. The van der Waals surface area contributed by atoms with Crippen LogP contribution in [-0.4, -0.2) is 38.7 Å². The quantitative estimate of drug-likeness (QED) is 0.276. The number of fused-ring (bicyclic) bond motifs is 3. The van der Waals surface area contributed by atoms with Crippen molar-refractivity contribution in [2.24, 2.45) is 11.3 Å². The minimum absolute atomic E-state index is 0.0530. The number of alkyl halides is 2. The summed E-state index contributed by atoms with van der Waals surface area (Å²) in [4.78, 5) is 25.5. The van der Waals surface area contributed by atoms with Gasteiger partial charge in [0.15, 0.2) is 11.6 Å². The fourth-order valence-corrected chi connectivity index (χ4v) is 7.37. The van der Waals surface area contributed by atoms with Crippen molar-refractivity contribution in [2.45, 2.75) is 120 Å². The van der Waals surface area contributed by atoms with Gasteiger partial charge in [0, 0.05) is 53.3 Å². The van der Waals surface area contributed by atoms with Crippen molar-refractivity contribution in [1.29, 1.82) is 0 Å². The maximum atomic E-state index is 14.2. The van der Waals surface area contributed by atoms with Crippen molar-refractivity contribution >= 4 is 11.6 Å². The summed E-state index contributed by atoms with van der Waals surface area (Å²) in [6.07, 6.45) is 7.73. The summed E-state index contributed by atoms with van der Waals surface area (Å²) in [7, 11) is 0. The highest BCUT2D eigenvalue weighted by atomic mass is 19.3. The molecule has 0 atom stereocenters. The number of halogens is 2. The highest BCUT2D eigenvalue weighted by Crippen LogP contribution is 2.58. The van der Waals surface area contributed by atoms with Gasteiger partial charge < -0.3 is 13.9 Å². The number of carbonyl (C=O) groups excluding carboxylic acids is 1. The lowest BCUT2D eigenvalue weighted by Gasteiger charge is -2.53. The fraction of sp³-hybridized carbons (Fsp3) is 0.667. The first-order valence-corrected chi connectivity index (χ1v) is 15.9. The Morgan fingerprint density at radius 3 is 2.26 bits per heavy atom. The summed E-state index contributed by atoms with van der Waals surface area (Å²) in [5.41, 5.74) is 1.18. The first-order chi connectivity index (χ1) is 20.4. The Balaban J connectivity index is 1.14. The molecular formula is C33H41F2N5O3. The van der Waals surface area contributed by atoms with Gasteiger partial charge in [0.2, 0.25) is 17.7 Å². The molecule has 2 aromatic heterocycles. The van der Waals surface area contributed by atoms with Crippen molar-refractivity contribution in [3.05, 3.63) is 41.8 Å². The standard InChI is InChI=1S/C33H41F2N5O3/c1-30(2,3)28-37-29(43-39-28)32-16-13-31(14-17-32,15-18-32)20-40(27(41)22-9-11-33(34,35)12-10-22)24-6-4-5-23(19-24)26-36-25(38-42-26)21-7-8-21/h4-6,19,21-22H,7-18,20H2,1-3H3. The predicted octanol–water partition coefficient (Wildman–Crippen LogP) is 7.75. The second-order valence-electron chi connectivity index (χ2n) is 14.8. The van der Waals surface area contributed by atoms with Gasteiger partial charge in [-0.05, 0) is 87.8 Å². The van der Waals surface area contributed by atoms with Gasteiger partial charge in [0.1, 0.15) is 0 Å². The van der Waals surface area contributed by atoms with E-state index in [9.17, 15) is 13.6 Å². The Kier molecular flexibility index (Phi) is 6.78. The molecule has 8 nitrogen and oxygen atoms in total. The summed E-state index contributed by atoms with van der Waals surface area (Å²) in [5, 5.41) is 8.47. The average molecular weight is 594 g/mol. The van der Waals surface area contributed by atoms with E-state index in [0.29, 0.717) is 18.4 Å². The van der Waals surface area contributed by atoms with Gasteiger partial charge in [-0.2, -0.15) is 9.97 Å². The van der Waals surface area contributed by atoms with E-state index in [1.807, 2.05) is 29.2 Å². The highest BCUT2D eigenvalue weighted by molar-refractivity contribution is 5.95. The van der Waals surface area contributed by atoms with E-state index in [2.05, 4.69) is 36.1 Å². The molecule has 5 saturated carbocycles. The second-order valence-corrected chi connectivity index (χ2v) is 14.8. The number of aromatic nitrogens is 4. The SMILES string of the molecule is CC(C)(C)c1noc(C23CCC(CN(C(=O)C4CCC(F)(F)CC4)c4cccc(-c5nc(C6CC6)no5)c4)(CC2)CC3)n1. The van der Waals surface area contributed by atoms with Crippen molar-refractivity contribution < 1.29 is 22.6 Å². The molecule has 0 saturated heterocycles. The molecule has 0 aliphatic heterocycles. The van der Waals surface area contributed by atoms with Crippen LogP contribution < -0.4 is 4.90 Å². The summed E-state index contributed by atoms with van der Waals surface area (Å²) < 4.78 is 39.5. The third kappa shape index (κ3) is 5.50. The predicted molar refractivity (Wildman–Crippen MR) is 156 cm³/mol. The van der Waals surface area contributed by atoms with E-state index in [0.717, 1.165) is 80.2 Å². The molecule has 230 valence electrons. The van der Waals surface area contributed by atoms with Gasteiger partial charge >= 0.3 is 0 Å². The average Bonchev–Trinajstić information content (AvgIpc) is 3.48. The molecule has 5 aliphatic carbocycles. The van der Waals surface area contributed by atoms with Crippen molar-refractivity contribution in [3.8, 4) is 11.5 Å². The summed E-state index contributed by atoms with van der Waals surface area (Å²) in [5.74, 6) is -0.112. The van der Waals surface area contributed by atoms with E-state index in [-0.39, 0.29) is 47.8 Å². The van der Waals surface area contributed by atoms with E-state index in [4.69, 9.17) is 14.0 Å². The number of nitrogens with zero attached hydrogens (tertiary/aromatic N) is 5. The molecule has 0 spiro atoms. The van der Waals surface area contributed by atoms with Crippen molar-refractivity contribution in [3.63, 3.8) is 0 Å². The normalized spacial score (nSPS) is 27.4. The molecule has 0 radical (unpaired) electrons. The largest absolute Gasteiger partial charge is 0.339 e. The second kappa shape index (κ2) is 10.2. The Labute approximate surface area is 251 Å². The number of hydrogen-bond donors (Lipinski definition) is 0. The van der Waals surface area contributed by atoms with Crippen LogP contribution in [0.2, 0.25) is 0 Å². The third-order valence-corrected chi connectivity index (χ3v) is 10.6. The smallest absolute Gasteiger partial charge is 0.258 e. The summed E-state index contributed by atoms with van der Waals surface area (Å²) in [6.45, 7) is 6.83. The molecule has 1 aromatic carbocycles. The van der Waals surface area contributed by atoms with Crippen LogP contribution in [0.25, 0.3) is 11.5 Å². The zero-order valence-electron chi connectivity index (χ0n) is 25.4.